The van der Waals surface area contributed by atoms with Gasteiger partial charge in [0.25, 0.3) is 0 Å². The van der Waals surface area contributed by atoms with E-state index in [9.17, 15) is 19.5 Å². The minimum absolute atomic E-state index is 0.222. The Bertz CT molecular complexity index is 612. The largest absolute Gasteiger partial charge is 0.394 e. The first-order valence-corrected chi connectivity index (χ1v) is 10.0. The van der Waals surface area contributed by atoms with E-state index in [-0.39, 0.29) is 30.4 Å². The molecule has 1 spiro atoms. The molecule has 2 unspecified atom stereocenters. The van der Waals surface area contributed by atoms with E-state index in [1.54, 1.807) is 14.0 Å². The molecule has 0 aliphatic carbocycles. The highest BCUT2D eigenvalue weighted by Gasteiger charge is 2.74. The minimum atomic E-state index is -0.975. The van der Waals surface area contributed by atoms with E-state index in [1.165, 1.54) is 4.90 Å². The van der Waals surface area contributed by atoms with Crippen LogP contribution in [-0.2, 0) is 19.1 Å². The molecule has 6 atom stereocenters. The first-order valence-electron chi connectivity index (χ1n) is 10.0. The highest BCUT2D eigenvalue weighted by molar-refractivity contribution is 5.99. The third-order valence-electron chi connectivity index (χ3n) is 6.35. The van der Waals surface area contributed by atoms with Gasteiger partial charge in [0.15, 0.2) is 0 Å². The summed E-state index contributed by atoms with van der Waals surface area (Å²) in [5.41, 5.74) is -0.975. The topological polar surface area (TPSA) is 108 Å². The molecule has 0 aromatic carbocycles. The number of rotatable bonds is 8. The molecule has 3 aliphatic rings. The summed E-state index contributed by atoms with van der Waals surface area (Å²) in [7, 11) is 1.55. The molecule has 3 saturated heterocycles. The van der Waals surface area contributed by atoms with Gasteiger partial charge in [0.1, 0.15) is 11.6 Å². The average Bonchev–Trinajstić information content (AvgIpc) is 3.31. The summed E-state index contributed by atoms with van der Waals surface area (Å²) < 4.78 is 6.21. The van der Waals surface area contributed by atoms with Crippen molar-refractivity contribution in [3.63, 3.8) is 0 Å². The maximum atomic E-state index is 13.3. The molecule has 3 aliphatic heterocycles. The van der Waals surface area contributed by atoms with Crippen molar-refractivity contribution in [2.24, 2.45) is 11.8 Å². The lowest BCUT2D eigenvalue weighted by atomic mass is 9.70. The Morgan fingerprint density at radius 3 is 2.74 bits per heavy atom. The second-order valence-corrected chi connectivity index (χ2v) is 7.95. The molecule has 0 aromatic heterocycles. The van der Waals surface area contributed by atoms with Gasteiger partial charge in [-0.2, -0.15) is 0 Å². The lowest BCUT2D eigenvalue weighted by molar-refractivity contribution is -0.145. The number of nitrogens with zero attached hydrogens (tertiary/aromatic N) is 1. The van der Waals surface area contributed by atoms with Crippen molar-refractivity contribution >= 4 is 17.7 Å². The number of carbonyl (C=O) groups excluding carboxylic acids is 3. The Morgan fingerprint density at radius 2 is 2.11 bits per heavy atom. The smallest absolute Gasteiger partial charge is 0.245 e. The monoisotopic (exact) mass is 381 g/mol. The first-order chi connectivity index (χ1) is 12.9. The standard InChI is InChI=1S/C19H31N3O5/c1-4-5-6-9-21-17(25)15-19-8-7-12(27-19)13(16(24)20-3)14(19)18(26)22(15)11(2)10-23/h11-15,23H,4-10H2,1-3H3,(H,20,24)(H,21,25)/t11-,12+,13-,14+,15?,19?/m1/s1. The summed E-state index contributed by atoms with van der Waals surface area (Å²) in [6.07, 6.45) is 3.84. The van der Waals surface area contributed by atoms with Crippen LogP contribution in [0.25, 0.3) is 0 Å². The van der Waals surface area contributed by atoms with Gasteiger partial charge in [0.05, 0.1) is 30.6 Å². The zero-order chi connectivity index (χ0) is 19.8. The van der Waals surface area contributed by atoms with E-state index in [0.717, 1.165) is 19.3 Å². The van der Waals surface area contributed by atoms with Crippen LogP contribution in [0.1, 0.15) is 46.0 Å². The van der Waals surface area contributed by atoms with Gasteiger partial charge in [-0.1, -0.05) is 19.8 Å². The number of nitrogens with one attached hydrogen (secondary N) is 2. The first kappa shape index (κ1) is 20.1. The lowest BCUT2D eigenvalue weighted by Crippen LogP contribution is -2.57. The second kappa shape index (κ2) is 7.75. The molecule has 3 heterocycles. The van der Waals surface area contributed by atoms with Gasteiger partial charge in [0, 0.05) is 13.6 Å². The summed E-state index contributed by atoms with van der Waals surface area (Å²) in [6.45, 7) is 4.11. The van der Waals surface area contributed by atoms with Crippen molar-refractivity contribution in [1.82, 2.24) is 15.5 Å². The van der Waals surface area contributed by atoms with Crippen LogP contribution in [0, 0.1) is 11.8 Å². The molecular weight excluding hydrogens is 350 g/mol. The minimum Gasteiger partial charge on any atom is -0.394 e. The Kier molecular flexibility index (Phi) is 5.76. The van der Waals surface area contributed by atoms with E-state index < -0.39 is 29.5 Å². The van der Waals surface area contributed by atoms with Gasteiger partial charge in [-0.25, -0.2) is 0 Å². The Hall–Kier alpha value is -1.67. The van der Waals surface area contributed by atoms with Gasteiger partial charge in [0.2, 0.25) is 17.7 Å². The maximum absolute atomic E-state index is 13.3. The SMILES string of the molecule is CCCCCNC(=O)C1N([C@H](C)CO)C(=O)[C@@H]2[C@H](C(=O)NC)[C@@H]3CCC12O3. The summed E-state index contributed by atoms with van der Waals surface area (Å²) >= 11 is 0. The molecule has 8 nitrogen and oxygen atoms in total. The predicted octanol–water partition coefficient (Wildman–Crippen LogP) is -0.206. The van der Waals surface area contributed by atoms with Crippen molar-refractivity contribution in [2.45, 2.75) is 69.7 Å². The number of fused-ring (bicyclic) bond motifs is 1. The van der Waals surface area contributed by atoms with Crippen LogP contribution in [0.2, 0.25) is 0 Å². The van der Waals surface area contributed by atoms with E-state index >= 15 is 0 Å². The third kappa shape index (κ3) is 3.02. The number of aliphatic hydroxyl groups is 1. The van der Waals surface area contributed by atoms with Crippen LogP contribution < -0.4 is 10.6 Å². The van der Waals surface area contributed by atoms with Crippen LogP contribution in [0.3, 0.4) is 0 Å². The van der Waals surface area contributed by atoms with Crippen LogP contribution >= 0.6 is 0 Å². The van der Waals surface area contributed by atoms with Crippen LogP contribution in [0.5, 0.6) is 0 Å². The van der Waals surface area contributed by atoms with Gasteiger partial charge in [-0.3, -0.25) is 14.4 Å². The Morgan fingerprint density at radius 1 is 1.37 bits per heavy atom. The third-order valence-corrected chi connectivity index (χ3v) is 6.35. The predicted molar refractivity (Wildman–Crippen MR) is 97.6 cm³/mol. The summed E-state index contributed by atoms with van der Waals surface area (Å²) in [6, 6.07) is -1.32. The molecule has 3 rings (SSSR count). The zero-order valence-electron chi connectivity index (χ0n) is 16.4. The van der Waals surface area contributed by atoms with Crippen molar-refractivity contribution in [3.8, 4) is 0 Å². The fourth-order valence-corrected chi connectivity index (χ4v) is 5.10. The lowest BCUT2D eigenvalue weighted by Gasteiger charge is -2.35. The highest BCUT2D eigenvalue weighted by Crippen LogP contribution is 2.58. The number of hydrogen-bond donors (Lipinski definition) is 3. The maximum Gasteiger partial charge on any atom is 0.245 e. The number of amides is 3. The van der Waals surface area contributed by atoms with Crippen molar-refractivity contribution in [1.29, 1.82) is 0 Å². The summed E-state index contributed by atoms with van der Waals surface area (Å²) in [5.74, 6) is -1.99. The normalized spacial score (nSPS) is 35.3. The Balaban J connectivity index is 1.91. The molecule has 8 heteroatoms. The van der Waals surface area contributed by atoms with E-state index in [0.29, 0.717) is 19.4 Å². The summed E-state index contributed by atoms with van der Waals surface area (Å²) in [4.78, 5) is 40.3. The summed E-state index contributed by atoms with van der Waals surface area (Å²) in [5, 5.41) is 15.2. The van der Waals surface area contributed by atoms with Crippen molar-refractivity contribution in [3.05, 3.63) is 0 Å². The van der Waals surface area contributed by atoms with Gasteiger partial charge >= 0.3 is 0 Å². The van der Waals surface area contributed by atoms with Crippen molar-refractivity contribution < 1.29 is 24.2 Å². The van der Waals surface area contributed by atoms with Crippen LogP contribution in [0.4, 0.5) is 0 Å². The number of likely N-dealkylation sites (tertiary alicyclic amines) is 1. The molecule has 3 N–H and O–H groups in total. The molecule has 27 heavy (non-hydrogen) atoms. The quantitative estimate of drug-likeness (QED) is 0.505. The van der Waals surface area contributed by atoms with Gasteiger partial charge in [-0.15, -0.1) is 0 Å². The van der Waals surface area contributed by atoms with Crippen LogP contribution in [-0.4, -0.2) is 71.7 Å². The fourth-order valence-electron chi connectivity index (χ4n) is 5.10. The molecule has 0 saturated carbocycles. The number of hydrogen-bond acceptors (Lipinski definition) is 5. The second-order valence-electron chi connectivity index (χ2n) is 7.95. The average molecular weight is 381 g/mol. The van der Waals surface area contributed by atoms with E-state index in [2.05, 4.69) is 17.6 Å². The highest BCUT2D eigenvalue weighted by atomic mass is 16.5. The number of ether oxygens (including phenoxy) is 1. The molecule has 2 bridgehead atoms. The number of unbranched alkanes of at least 4 members (excludes halogenated alkanes) is 2. The molecule has 0 aromatic rings. The number of aliphatic hydroxyl groups excluding tert-OH is 1. The van der Waals surface area contributed by atoms with Crippen molar-refractivity contribution in [2.75, 3.05) is 20.2 Å². The zero-order valence-corrected chi connectivity index (χ0v) is 16.4. The van der Waals surface area contributed by atoms with E-state index in [1.807, 2.05) is 0 Å². The molecule has 0 radical (unpaired) electrons. The van der Waals surface area contributed by atoms with E-state index in [4.69, 9.17) is 4.74 Å². The fraction of sp³-hybridized carbons (Fsp3) is 0.842. The molecule has 152 valence electrons. The van der Waals surface area contributed by atoms with Crippen LogP contribution in [0.15, 0.2) is 0 Å². The van der Waals surface area contributed by atoms with Gasteiger partial charge < -0.3 is 25.4 Å². The number of carbonyl (C=O) groups is 3. The Labute approximate surface area is 160 Å². The molecular formula is C19H31N3O5. The molecule has 3 fully saturated rings. The molecule has 3 amide bonds. The van der Waals surface area contributed by atoms with Gasteiger partial charge in [-0.05, 0) is 26.2 Å².